The number of hydrogen-bond donors (Lipinski definition) is 2. The molecular weight excluding hydrogens is 216 g/mol. The van der Waals surface area contributed by atoms with Gasteiger partial charge in [0.1, 0.15) is 0 Å². The SMILES string of the molecule is CCN(C)CCNS(=O)(=O)c1cnc[nH]1. The van der Waals surface area contributed by atoms with E-state index in [1.54, 1.807) is 0 Å². The first-order chi connectivity index (χ1) is 7.06. The van der Waals surface area contributed by atoms with Crippen molar-refractivity contribution >= 4 is 10.0 Å². The lowest BCUT2D eigenvalue weighted by atomic mass is 10.5. The van der Waals surface area contributed by atoms with Crippen LogP contribution in [0.4, 0.5) is 0 Å². The fourth-order valence-electron chi connectivity index (χ4n) is 0.997. The Labute approximate surface area is 89.8 Å². The number of sulfonamides is 1. The largest absolute Gasteiger partial charge is 0.335 e. The van der Waals surface area contributed by atoms with E-state index in [2.05, 4.69) is 14.7 Å². The van der Waals surface area contributed by atoms with Crippen molar-refractivity contribution in [1.29, 1.82) is 0 Å². The molecule has 86 valence electrons. The molecule has 0 bridgehead atoms. The molecule has 0 fully saturated rings. The van der Waals surface area contributed by atoms with Crippen LogP contribution in [0.15, 0.2) is 17.6 Å². The van der Waals surface area contributed by atoms with Gasteiger partial charge in [0.2, 0.25) is 0 Å². The number of H-pyrrole nitrogens is 1. The zero-order valence-electron chi connectivity index (χ0n) is 8.90. The molecule has 0 amide bonds. The van der Waals surface area contributed by atoms with Crippen LogP contribution < -0.4 is 4.72 Å². The summed E-state index contributed by atoms with van der Waals surface area (Å²) in [4.78, 5) is 8.24. The zero-order chi connectivity index (χ0) is 11.3. The summed E-state index contributed by atoms with van der Waals surface area (Å²) in [7, 11) is -1.48. The highest BCUT2D eigenvalue weighted by atomic mass is 32.2. The van der Waals surface area contributed by atoms with E-state index in [1.807, 2.05) is 18.9 Å². The van der Waals surface area contributed by atoms with E-state index in [-0.39, 0.29) is 5.03 Å². The first-order valence-electron chi connectivity index (χ1n) is 4.73. The average Bonchev–Trinajstić information content (AvgIpc) is 2.70. The maximum atomic E-state index is 11.6. The topological polar surface area (TPSA) is 78.1 Å². The Morgan fingerprint density at radius 1 is 1.60 bits per heavy atom. The van der Waals surface area contributed by atoms with Gasteiger partial charge in [0.15, 0.2) is 5.03 Å². The second-order valence-corrected chi connectivity index (χ2v) is 4.94. The van der Waals surface area contributed by atoms with E-state index >= 15 is 0 Å². The van der Waals surface area contributed by atoms with Gasteiger partial charge in [0.25, 0.3) is 10.0 Å². The van der Waals surface area contributed by atoms with Gasteiger partial charge in [-0.15, -0.1) is 0 Å². The Balaban J connectivity index is 2.45. The van der Waals surface area contributed by atoms with Crippen molar-refractivity contribution in [3.8, 4) is 0 Å². The maximum Gasteiger partial charge on any atom is 0.257 e. The molecule has 6 nitrogen and oxygen atoms in total. The lowest BCUT2D eigenvalue weighted by Gasteiger charge is -2.13. The first-order valence-corrected chi connectivity index (χ1v) is 6.21. The Morgan fingerprint density at radius 2 is 2.33 bits per heavy atom. The molecule has 1 rings (SSSR count). The molecule has 0 aliphatic rings. The van der Waals surface area contributed by atoms with E-state index in [0.717, 1.165) is 6.54 Å². The van der Waals surface area contributed by atoms with Gasteiger partial charge in [0.05, 0.1) is 12.5 Å². The third kappa shape index (κ3) is 3.61. The van der Waals surface area contributed by atoms with Gasteiger partial charge in [-0.25, -0.2) is 18.1 Å². The van der Waals surface area contributed by atoms with Crippen molar-refractivity contribution < 1.29 is 8.42 Å². The smallest absolute Gasteiger partial charge is 0.257 e. The lowest BCUT2D eigenvalue weighted by molar-refractivity contribution is 0.358. The van der Waals surface area contributed by atoms with Crippen LogP contribution in [-0.2, 0) is 10.0 Å². The summed E-state index contributed by atoms with van der Waals surface area (Å²) in [6, 6.07) is 0. The predicted octanol–water partition coefficient (Wildman–Crippen LogP) is -0.360. The average molecular weight is 232 g/mol. The quantitative estimate of drug-likeness (QED) is 0.702. The number of aromatic nitrogens is 2. The van der Waals surface area contributed by atoms with Crippen LogP contribution in [-0.4, -0.2) is 50.0 Å². The summed E-state index contributed by atoms with van der Waals surface area (Å²) < 4.78 is 25.6. The molecule has 0 saturated heterocycles. The van der Waals surface area contributed by atoms with Crippen molar-refractivity contribution in [2.45, 2.75) is 11.9 Å². The van der Waals surface area contributed by atoms with Crippen LogP contribution in [0.1, 0.15) is 6.92 Å². The molecule has 7 heteroatoms. The van der Waals surface area contributed by atoms with E-state index in [4.69, 9.17) is 0 Å². The fraction of sp³-hybridized carbons (Fsp3) is 0.625. The Morgan fingerprint density at radius 3 is 2.87 bits per heavy atom. The molecule has 0 radical (unpaired) electrons. The van der Waals surface area contributed by atoms with Gasteiger partial charge < -0.3 is 9.88 Å². The highest BCUT2D eigenvalue weighted by molar-refractivity contribution is 7.89. The zero-order valence-corrected chi connectivity index (χ0v) is 9.71. The van der Waals surface area contributed by atoms with Crippen molar-refractivity contribution in [3.05, 3.63) is 12.5 Å². The molecule has 2 N–H and O–H groups in total. The number of imidazole rings is 1. The number of rotatable bonds is 6. The van der Waals surface area contributed by atoms with E-state index in [9.17, 15) is 8.42 Å². The number of nitrogens with one attached hydrogen (secondary N) is 2. The molecule has 0 atom stereocenters. The monoisotopic (exact) mass is 232 g/mol. The number of aromatic amines is 1. The minimum Gasteiger partial charge on any atom is -0.335 e. The molecule has 0 aromatic carbocycles. The van der Waals surface area contributed by atoms with Gasteiger partial charge in [-0.05, 0) is 13.6 Å². The summed E-state index contributed by atoms with van der Waals surface area (Å²) in [5.41, 5.74) is 0. The van der Waals surface area contributed by atoms with Crippen LogP contribution in [0.2, 0.25) is 0 Å². The fourth-order valence-corrected chi connectivity index (χ4v) is 1.92. The van der Waals surface area contributed by atoms with Gasteiger partial charge in [-0.3, -0.25) is 0 Å². The highest BCUT2D eigenvalue weighted by Crippen LogP contribution is 2.00. The standard InChI is InChI=1S/C8H16N4O2S/c1-3-12(2)5-4-11-15(13,14)8-6-9-7-10-8/h6-7,11H,3-5H2,1-2H3,(H,9,10). The number of nitrogens with zero attached hydrogens (tertiary/aromatic N) is 2. The van der Waals surface area contributed by atoms with Crippen molar-refractivity contribution in [1.82, 2.24) is 19.6 Å². The predicted molar refractivity (Wildman–Crippen MR) is 56.9 cm³/mol. The molecule has 1 heterocycles. The molecule has 0 unspecified atom stereocenters. The van der Waals surface area contributed by atoms with Crippen LogP contribution in [0.25, 0.3) is 0 Å². The Bertz CT molecular complexity index is 373. The Kier molecular flexibility index (Phi) is 4.25. The van der Waals surface area contributed by atoms with Gasteiger partial charge in [-0.2, -0.15) is 0 Å². The molecule has 15 heavy (non-hydrogen) atoms. The summed E-state index contributed by atoms with van der Waals surface area (Å²) in [5, 5.41) is 0.0988. The van der Waals surface area contributed by atoms with Crippen LogP contribution >= 0.6 is 0 Å². The van der Waals surface area contributed by atoms with Crippen molar-refractivity contribution in [2.75, 3.05) is 26.7 Å². The highest BCUT2D eigenvalue weighted by Gasteiger charge is 2.14. The minimum atomic E-state index is -3.42. The maximum absolute atomic E-state index is 11.6. The van der Waals surface area contributed by atoms with Gasteiger partial charge in [-0.1, -0.05) is 6.92 Å². The van der Waals surface area contributed by atoms with E-state index in [1.165, 1.54) is 12.5 Å². The second-order valence-electron chi connectivity index (χ2n) is 3.21. The molecule has 0 aliphatic heterocycles. The summed E-state index contributed by atoms with van der Waals surface area (Å²) in [6.07, 6.45) is 2.62. The molecule has 1 aromatic rings. The number of likely N-dealkylation sites (N-methyl/N-ethyl adjacent to an activating group) is 1. The lowest BCUT2D eigenvalue weighted by Crippen LogP contribution is -2.33. The van der Waals surface area contributed by atoms with Gasteiger partial charge >= 0.3 is 0 Å². The minimum absolute atomic E-state index is 0.0988. The van der Waals surface area contributed by atoms with Crippen molar-refractivity contribution in [3.63, 3.8) is 0 Å². The van der Waals surface area contributed by atoms with Crippen molar-refractivity contribution in [2.24, 2.45) is 0 Å². The molecule has 0 aliphatic carbocycles. The Hall–Kier alpha value is -0.920. The van der Waals surface area contributed by atoms with Crippen LogP contribution in [0.5, 0.6) is 0 Å². The normalized spacial score (nSPS) is 12.2. The summed E-state index contributed by atoms with van der Waals surface area (Å²) >= 11 is 0. The summed E-state index contributed by atoms with van der Waals surface area (Å²) in [5.74, 6) is 0. The van der Waals surface area contributed by atoms with Crippen LogP contribution in [0, 0.1) is 0 Å². The number of hydrogen-bond acceptors (Lipinski definition) is 4. The van der Waals surface area contributed by atoms with E-state index < -0.39 is 10.0 Å². The third-order valence-electron chi connectivity index (χ3n) is 2.09. The molecule has 0 spiro atoms. The van der Waals surface area contributed by atoms with Crippen LogP contribution in [0.3, 0.4) is 0 Å². The first kappa shape index (κ1) is 12.2. The molecule has 1 aromatic heterocycles. The van der Waals surface area contributed by atoms with Gasteiger partial charge in [0, 0.05) is 13.1 Å². The summed E-state index contributed by atoms with van der Waals surface area (Å²) in [6.45, 7) is 3.99. The third-order valence-corrected chi connectivity index (χ3v) is 3.47. The second kappa shape index (κ2) is 5.24. The molecule has 0 saturated carbocycles. The van der Waals surface area contributed by atoms with E-state index in [0.29, 0.717) is 13.1 Å². The molecular formula is C8H16N4O2S.